The number of rotatable bonds is 2. The number of benzene rings is 1. The maximum absolute atomic E-state index is 12.6. The van der Waals surface area contributed by atoms with Gasteiger partial charge in [-0.3, -0.25) is 0 Å². The minimum atomic E-state index is -4.48. The van der Waals surface area contributed by atoms with Crippen molar-refractivity contribution < 1.29 is 22.5 Å². The number of β-amino-alcohol motifs (C(OH)–C–C–N with tert-alkyl or cyclic N) is 1. The SMILES string of the molecule is C=S(=O)(c1cccc(C(F)(F)F)c1)N1CC[C@H](O)C1. The first-order valence-corrected chi connectivity index (χ1v) is 7.37. The van der Waals surface area contributed by atoms with E-state index in [0.717, 1.165) is 12.1 Å². The van der Waals surface area contributed by atoms with Crippen LogP contribution in [0.25, 0.3) is 0 Å². The van der Waals surface area contributed by atoms with Crippen LogP contribution in [0.5, 0.6) is 0 Å². The number of aliphatic hydroxyl groups is 1. The molecule has 0 saturated carbocycles. The zero-order valence-corrected chi connectivity index (χ0v) is 10.9. The predicted molar refractivity (Wildman–Crippen MR) is 67.2 cm³/mol. The Morgan fingerprint density at radius 3 is 2.63 bits per heavy atom. The van der Waals surface area contributed by atoms with E-state index in [9.17, 15) is 22.5 Å². The van der Waals surface area contributed by atoms with Crippen molar-refractivity contribution in [1.29, 1.82) is 0 Å². The normalized spacial score (nSPS) is 24.3. The lowest BCUT2D eigenvalue weighted by molar-refractivity contribution is -0.137. The molecule has 2 rings (SSSR count). The van der Waals surface area contributed by atoms with Crippen molar-refractivity contribution in [2.75, 3.05) is 13.1 Å². The molecule has 0 radical (unpaired) electrons. The van der Waals surface area contributed by atoms with Crippen molar-refractivity contribution >= 4 is 15.6 Å². The molecule has 0 aliphatic carbocycles. The highest BCUT2D eigenvalue weighted by atomic mass is 32.2. The summed E-state index contributed by atoms with van der Waals surface area (Å²) in [6.07, 6.45) is -4.63. The van der Waals surface area contributed by atoms with Gasteiger partial charge in [0, 0.05) is 18.0 Å². The van der Waals surface area contributed by atoms with Gasteiger partial charge in [-0.05, 0) is 30.5 Å². The number of hydrogen-bond acceptors (Lipinski definition) is 2. The molecule has 7 heteroatoms. The first kappa shape index (κ1) is 14.4. The smallest absolute Gasteiger partial charge is 0.392 e. The molecule has 1 heterocycles. The van der Waals surface area contributed by atoms with Gasteiger partial charge in [0.15, 0.2) is 0 Å². The van der Waals surface area contributed by atoms with Crippen LogP contribution in [0.1, 0.15) is 12.0 Å². The van der Waals surface area contributed by atoms with Crippen LogP contribution in [-0.2, 0) is 15.9 Å². The topological polar surface area (TPSA) is 40.5 Å². The molecule has 1 fully saturated rings. The van der Waals surface area contributed by atoms with Gasteiger partial charge in [0.2, 0.25) is 0 Å². The van der Waals surface area contributed by atoms with E-state index in [1.807, 2.05) is 0 Å². The van der Waals surface area contributed by atoms with Crippen LogP contribution in [0.15, 0.2) is 29.2 Å². The molecule has 1 aliphatic rings. The fourth-order valence-corrected chi connectivity index (χ4v) is 3.71. The van der Waals surface area contributed by atoms with Crippen molar-refractivity contribution in [3.63, 3.8) is 0 Å². The molecule has 1 saturated heterocycles. The highest BCUT2D eigenvalue weighted by molar-refractivity contribution is 7.98. The maximum atomic E-state index is 12.6. The van der Waals surface area contributed by atoms with Gasteiger partial charge in [-0.15, -0.1) is 0 Å². The monoisotopic (exact) mass is 293 g/mol. The van der Waals surface area contributed by atoms with E-state index in [1.165, 1.54) is 16.4 Å². The first-order chi connectivity index (χ1) is 8.71. The Kier molecular flexibility index (Phi) is 3.63. The summed E-state index contributed by atoms with van der Waals surface area (Å²) in [7, 11) is -2.98. The van der Waals surface area contributed by atoms with Crippen molar-refractivity contribution in [1.82, 2.24) is 4.31 Å². The molecule has 1 aliphatic heterocycles. The third-order valence-electron chi connectivity index (χ3n) is 3.07. The summed E-state index contributed by atoms with van der Waals surface area (Å²) < 4.78 is 51.9. The molecule has 0 spiro atoms. The van der Waals surface area contributed by atoms with Gasteiger partial charge in [0.1, 0.15) is 0 Å². The van der Waals surface area contributed by atoms with E-state index in [4.69, 9.17) is 0 Å². The molecule has 3 nitrogen and oxygen atoms in total. The number of hydrogen-bond donors (Lipinski definition) is 1. The van der Waals surface area contributed by atoms with Gasteiger partial charge in [-0.25, -0.2) is 8.51 Å². The summed E-state index contributed by atoms with van der Waals surface area (Å²) >= 11 is 0. The molecule has 1 aromatic carbocycles. The summed E-state index contributed by atoms with van der Waals surface area (Å²) in [5.74, 6) is 3.56. The van der Waals surface area contributed by atoms with E-state index >= 15 is 0 Å². The van der Waals surface area contributed by atoms with Gasteiger partial charge in [0.05, 0.1) is 21.4 Å². The van der Waals surface area contributed by atoms with E-state index in [-0.39, 0.29) is 11.4 Å². The fourth-order valence-electron chi connectivity index (χ4n) is 2.00. The molecule has 1 N–H and O–H groups in total. The molecule has 0 bridgehead atoms. The van der Waals surface area contributed by atoms with Crippen molar-refractivity contribution in [2.24, 2.45) is 0 Å². The minimum absolute atomic E-state index is 0.0384. The van der Waals surface area contributed by atoms with Gasteiger partial charge in [-0.2, -0.15) is 13.2 Å². The maximum Gasteiger partial charge on any atom is 0.416 e. The molecule has 0 aromatic heterocycles. The van der Waals surface area contributed by atoms with Crippen LogP contribution in [-0.4, -0.2) is 38.7 Å². The number of nitrogens with zero attached hydrogens (tertiary/aromatic N) is 1. The number of aliphatic hydroxyl groups excluding tert-OH is 1. The Labute approximate surface area is 109 Å². The van der Waals surface area contributed by atoms with Crippen molar-refractivity contribution in [2.45, 2.75) is 23.6 Å². The van der Waals surface area contributed by atoms with E-state index < -0.39 is 27.6 Å². The predicted octanol–water partition coefficient (Wildman–Crippen LogP) is 1.76. The van der Waals surface area contributed by atoms with Crippen LogP contribution >= 0.6 is 0 Å². The lowest BCUT2D eigenvalue weighted by Crippen LogP contribution is -2.29. The Balaban J connectivity index is 2.36. The van der Waals surface area contributed by atoms with Crippen LogP contribution in [0.3, 0.4) is 0 Å². The Morgan fingerprint density at radius 2 is 2.11 bits per heavy atom. The lowest BCUT2D eigenvalue weighted by Gasteiger charge is -2.21. The highest BCUT2D eigenvalue weighted by Crippen LogP contribution is 2.31. The largest absolute Gasteiger partial charge is 0.416 e. The second kappa shape index (κ2) is 4.81. The van der Waals surface area contributed by atoms with Crippen LogP contribution in [0, 0.1) is 0 Å². The Bertz CT molecular complexity index is 569. The minimum Gasteiger partial charge on any atom is -0.392 e. The molecule has 106 valence electrons. The second-order valence-corrected chi connectivity index (χ2v) is 6.77. The average Bonchev–Trinajstić information content (AvgIpc) is 2.76. The summed E-state index contributed by atoms with van der Waals surface area (Å²) in [6, 6.07) is 4.38. The third-order valence-corrected chi connectivity index (χ3v) is 5.23. The third kappa shape index (κ3) is 2.93. The zero-order chi connectivity index (χ0) is 14.3. The average molecular weight is 293 g/mol. The van der Waals surface area contributed by atoms with Gasteiger partial charge in [0.25, 0.3) is 0 Å². The lowest BCUT2D eigenvalue weighted by atomic mass is 10.2. The summed E-state index contributed by atoms with van der Waals surface area (Å²) in [4.78, 5) is 0.0384. The summed E-state index contributed by atoms with van der Waals surface area (Å²) in [6.45, 7) is 0.526. The summed E-state index contributed by atoms with van der Waals surface area (Å²) in [5, 5.41) is 9.42. The van der Waals surface area contributed by atoms with Crippen LogP contribution < -0.4 is 0 Å². The second-order valence-electron chi connectivity index (χ2n) is 4.50. The van der Waals surface area contributed by atoms with Crippen molar-refractivity contribution in [3.8, 4) is 0 Å². The molecule has 1 unspecified atom stereocenters. The molecule has 1 aromatic rings. The molecule has 2 atom stereocenters. The molecule has 0 amide bonds. The zero-order valence-electron chi connectivity index (χ0n) is 10.1. The van der Waals surface area contributed by atoms with Gasteiger partial charge < -0.3 is 5.11 Å². The molecule has 19 heavy (non-hydrogen) atoms. The first-order valence-electron chi connectivity index (χ1n) is 5.69. The highest BCUT2D eigenvalue weighted by Gasteiger charge is 2.32. The van der Waals surface area contributed by atoms with Crippen molar-refractivity contribution in [3.05, 3.63) is 29.8 Å². The molecular weight excluding hydrogens is 279 g/mol. The van der Waals surface area contributed by atoms with Gasteiger partial charge >= 0.3 is 6.18 Å². The Hall–Kier alpha value is -1.05. The number of halogens is 3. The fraction of sp³-hybridized carbons (Fsp3) is 0.417. The van der Waals surface area contributed by atoms with E-state index in [2.05, 4.69) is 5.87 Å². The summed E-state index contributed by atoms with van der Waals surface area (Å²) in [5.41, 5.74) is -0.846. The quantitative estimate of drug-likeness (QED) is 0.844. The standard InChI is InChI=1S/C12H14F3NO2S/c1-19(18,16-6-5-10(17)8-16)11-4-2-3-9(7-11)12(13,14)15/h2-4,7,10,17H,1,5-6,8H2/t10-,19?/m0/s1. The van der Waals surface area contributed by atoms with Crippen LogP contribution in [0.2, 0.25) is 0 Å². The molecular formula is C12H14F3NO2S. The Morgan fingerprint density at radius 1 is 1.42 bits per heavy atom. The van der Waals surface area contributed by atoms with Gasteiger partial charge in [-0.1, -0.05) is 6.07 Å². The van der Waals surface area contributed by atoms with E-state index in [0.29, 0.717) is 13.0 Å². The number of alkyl halides is 3. The van der Waals surface area contributed by atoms with E-state index in [1.54, 1.807) is 0 Å². The van der Waals surface area contributed by atoms with Crippen LogP contribution in [0.4, 0.5) is 13.2 Å².